The van der Waals surface area contributed by atoms with Crippen LogP contribution < -0.4 is 0 Å². The van der Waals surface area contributed by atoms with E-state index in [-0.39, 0.29) is 5.91 Å². The summed E-state index contributed by atoms with van der Waals surface area (Å²) < 4.78 is 0.680. The third-order valence-corrected chi connectivity index (χ3v) is 4.97. The zero-order valence-electron chi connectivity index (χ0n) is 10.3. The second-order valence-corrected chi connectivity index (χ2v) is 7.00. The van der Waals surface area contributed by atoms with Gasteiger partial charge in [-0.05, 0) is 36.1 Å². The van der Waals surface area contributed by atoms with Crippen molar-refractivity contribution >= 4 is 51.9 Å². The van der Waals surface area contributed by atoms with Crippen molar-refractivity contribution in [3.63, 3.8) is 0 Å². The van der Waals surface area contributed by atoms with Crippen LogP contribution in [0.4, 0.5) is 0 Å². The third kappa shape index (κ3) is 2.57. The number of hydrogen-bond donors (Lipinski definition) is 0. The number of amides is 1. The quantitative estimate of drug-likeness (QED) is 0.609. The van der Waals surface area contributed by atoms with E-state index >= 15 is 0 Å². The molecule has 0 N–H and O–H groups in total. The van der Waals surface area contributed by atoms with Crippen molar-refractivity contribution in [3.05, 3.63) is 39.8 Å². The van der Waals surface area contributed by atoms with Crippen LogP contribution in [0.3, 0.4) is 0 Å². The van der Waals surface area contributed by atoms with Gasteiger partial charge in [-0.15, -0.1) is 0 Å². The number of thioether (sulfide) groups is 1. The Labute approximate surface area is 126 Å². The number of nitrogens with zero attached hydrogens (tertiary/aromatic N) is 1. The van der Waals surface area contributed by atoms with Crippen LogP contribution >= 0.6 is 35.6 Å². The van der Waals surface area contributed by atoms with Gasteiger partial charge >= 0.3 is 0 Å². The summed E-state index contributed by atoms with van der Waals surface area (Å²) in [7, 11) is 0. The minimum absolute atomic E-state index is 0.0410. The fourth-order valence-corrected chi connectivity index (χ4v) is 3.64. The average Bonchev–Trinajstić information content (AvgIpc) is 3.00. The Morgan fingerprint density at radius 1 is 1.42 bits per heavy atom. The Hall–Kier alpha value is -0.840. The highest BCUT2D eigenvalue weighted by molar-refractivity contribution is 8.26. The first-order valence-electron chi connectivity index (χ1n) is 6.09. The van der Waals surface area contributed by atoms with Gasteiger partial charge in [-0.2, -0.15) is 0 Å². The molecule has 0 aromatic heterocycles. The summed E-state index contributed by atoms with van der Waals surface area (Å²) in [6, 6.07) is 7.74. The van der Waals surface area contributed by atoms with Crippen molar-refractivity contribution in [2.45, 2.75) is 19.4 Å². The van der Waals surface area contributed by atoms with Crippen LogP contribution in [0, 0.1) is 5.92 Å². The molecule has 3 rings (SSSR count). The summed E-state index contributed by atoms with van der Waals surface area (Å²) in [5, 5.41) is 0.691. The Morgan fingerprint density at radius 2 is 2.05 bits per heavy atom. The molecule has 1 saturated heterocycles. The smallest absolute Gasteiger partial charge is 0.266 e. The van der Waals surface area contributed by atoms with Crippen LogP contribution in [0.1, 0.15) is 18.9 Å². The Bertz CT molecular complexity index is 582. The Kier molecular flexibility index (Phi) is 3.41. The van der Waals surface area contributed by atoms with Gasteiger partial charge < -0.3 is 0 Å². The van der Waals surface area contributed by atoms with E-state index in [1.54, 1.807) is 4.90 Å². The van der Waals surface area contributed by atoms with Crippen LogP contribution in [0.25, 0.3) is 6.08 Å². The van der Waals surface area contributed by atoms with Gasteiger partial charge in [0.05, 0.1) is 4.91 Å². The second kappa shape index (κ2) is 4.93. The Morgan fingerprint density at radius 3 is 2.63 bits per heavy atom. The molecule has 2 aliphatic rings. The van der Waals surface area contributed by atoms with E-state index in [1.165, 1.54) is 11.8 Å². The van der Waals surface area contributed by atoms with Gasteiger partial charge in [-0.3, -0.25) is 9.69 Å². The van der Waals surface area contributed by atoms with E-state index in [2.05, 4.69) is 6.92 Å². The van der Waals surface area contributed by atoms with Gasteiger partial charge in [0.15, 0.2) is 0 Å². The predicted molar refractivity (Wildman–Crippen MR) is 84.0 cm³/mol. The number of thiocarbonyl (C=S) groups is 1. The molecule has 19 heavy (non-hydrogen) atoms. The molecule has 1 amide bonds. The minimum atomic E-state index is 0.0410. The molecule has 5 heteroatoms. The highest BCUT2D eigenvalue weighted by atomic mass is 35.5. The molecule has 0 spiro atoms. The largest absolute Gasteiger partial charge is 0.289 e. The van der Waals surface area contributed by atoms with Gasteiger partial charge in [0.2, 0.25) is 0 Å². The number of halogens is 1. The lowest BCUT2D eigenvalue weighted by Crippen LogP contribution is -2.31. The zero-order chi connectivity index (χ0) is 13.6. The summed E-state index contributed by atoms with van der Waals surface area (Å²) in [5.41, 5.74) is 0.966. The van der Waals surface area contributed by atoms with Gasteiger partial charge in [-0.1, -0.05) is 54.6 Å². The van der Waals surface area contributed by atoms with E-state index in [4.69, 9.17) is 23.8 Å². The number of benzene rings is 1. The van der Waals surface area contributed by atoms with Gasteiger partial charge in [0.25, 0.3) is 5.91 Å². The van der Waals surface area contributed by atoms with E-state index in [0.29, 0.717) is 26.2 Å². The monoisotopic (exact) mass is 309 g/mol. The SMILES string of the molecule is CC1CC1N1C(=O)/C(=C/c2ccc(Cl)cc2)SC1=S. The van der Waals surface area contributed by atoms with Crippen LogP contribution in [-0.4, -0.2) is 21.2 Å². The minimum Gasteiger partial charge on any atom is -0.289 e. The van der Waals surface area contributed by atoms with Crippen molar-refractivity contribution < 1.29 is 4.79 Å². The molecule has 1 heterocycles. The molecule has 2 fully saturated rings. The summed E-state index contributed by atoms with van der Waals surface area (Å²) in [4.78, 5) is 14.8. The summed E-state index contributed by atoms with van der Waals surface area (Å²) in [5.74, 6) is 0.608. The van der Waals surface area contributed by atoms with Crippen LogP contribution in [-0.2, 0) is 4.79 Å². The standard InChI is InChI=1S/C14H12ClNOS2/c1-8-6-11(8)16-13(17)12(19-14(16)18)7-9-2-4-10(15)5-3-9/h2-5,7-8,11H,6H2,1H3/b12-7-. The van der Waals surface area contributed by atoms with Crippen LogP contribution in [0.15, 0.2) is 29.2 Å². The van der Waals surface area contributed by atoms with Gasteiger partial charge in [-0.25, -0.2) is 0 Å². The zero-order valence-corrected chi connectivity index (χ0v) is 12.7. The molecule has 1 aliphatic heterocycles. The molecule has 2 nitrogen and oxygen atoms in total. The molecule has 1 aliphatic carbocycles. The topological polar surface area (TPSA) is 20.3 Å². The fourth-order valence-electron chi connectivity index (χ4n) is 2.14. The molecule has 1 aromatic rings. The van der Waals surface area contributed by atoms with E-state index in [1.807, 2.05) is 30.3 Å². The van der Waals surface area contributed by atoms with Crippen molar-refractivity contribution in [3.8, 4) is 0 Å². The van der Waals surface area contributed by atoms with Crippen LogP contribution in [0.5, 0.6) is 0 Å². The first-order valence-corrected chi connectivity index (χ1v) is 7.69. The normalized spacial score (nSPS) is 28.3. The van der Waals surface area contributed by atoms with E-state index in [0.717, 1.165) is 12.0 Å². The number of carbonyl (C=O) groups excluding carboxylic acids is 1. The van der Waals surface area contributed by atoms with Crippen molar-refractivity contribution in [1.82, 2.24) is 4.90 Å². The van der Waals surface area contributed by atoms with Gasteiger partial charge in [0.1, 0.15) is 4.32 Å². The molecule has 1 saturated carbocycles. The average molecular weight is 310 g/mol. The maximum atomic E-state index is 12.3. The summed E-state index contributed by atoms with van der Waals surface area (Å²) >= 11 is 12.5. The number of carbonyl (C=O) groups is 1. The van der Waals surface area contributed by atoms with E-state index < -0.39 is 0 Å². The molecule has 2 atom stereocenters. The molecule has 98 valence electrons. The summed E-state index contributed by atoms with van der Waals surface area (Å²) in [6.45, 7) is 2.14. The first-order chi connectivity index (χ1) is 9.06. The van der Waals surface area contributed by atoms with Crippen molar-refractivity contribution in [2.24, 2.45) is 5.92 Å². The summed E-state index contributed by atoms with van der Waals surface area (Å²) in [6.07, 6.45) is 2.93. The number of rotatable bonds is 2. The molecule has 0 radical (unpaired) electrons. The lowest BCUT2D eigenvalue weighted by Gasteiger charge is -2.13. The Balaban J connectivity index is 1.84. The molecule has 1 aromatic carbocycles. The first kappa shape index (κ1) is 13.2. The predicted octanol–water partition coefficient (Wildman–Crippen LogP) is 3.95. The lowest BCUT2D eigenvalue weighted by molar-refractivity contribution is -0.122. The number of hydrogen-bond acceptors (Lipinski definition) is 3. The molecule has 0 bridgehead atoms. The second-order valence-electron chi connectivity index (χ2n) is 4.88. The van der Waals surface area contributed by atoms with Crippen molar-refractivity contribution in [1.29, 1.82) is 0 Å². The molecule has 2 unspecified atom stereocenters. The maximum Gasteiger partial charge on any atom is 0.266 e. The van der Waals surface area contributed by atoms with E-state index in [9.17, 15) is 4.79 Å². The highest BCUT2D eigenvalue weighted by Gasteiger charge is 2.46. The molecular formula is C14H12ClNOS2. The van der Waals surface area contributed by atoms with Crippen molar-refractivity contribution in [2.75, 3.05) is 0 Å². The fraction of sp³-hybridized carbons (Fsp3) is 0.286. The third-order valence-electron chi connectivity index (χ3n) is 3.39. The highest BCUT2D eigenvalue weighted by Crippen LogP contribution is 2.43. The van der Waals surface area contributed by atoms with Crippen LogP contribution in [0.2, 0.25) is 5.02 Å². The maximum absolute atomic E-state index is 12.3. The van der Waals surface area contributed by atoms with Gasteiger partial charge in [0, 0.05) is 11.1 Å². The molecular weight excluding hydrogens is 298 g/mol. The lowest BCUT2D eigenvalue weighted by atomic mass is 10.2.